The van der Waals surface area contributed by atoms with Crippen LogP contribution in [-0.2, 0) is 23.1 Å². The van der Waals surface area contributed by atoms with E-state index in [9.17, 15) is 4.79 Å². The standard InChI is InChI=1S/C20H31N5OS2/c1-20(2,3)18-24-15(14-28-18)8-10-21-19(23-13-17(26)25(4)5)22-11-9-16-7-6-12-27-16/h6-7,12,14H,8-11,13H2,1-5H3,(H2,21,22,23). The Balaban J connectivity index is 1.87. The van der Waals surface area contributed by atoms with Gasteiger partial charge in [-0.25, -0.2) is 9.98 Å². The number of hydrogen-bond acceptors (Lipinski definition) is 5. The Kier molecular flexibility index (Phi) is 8.44. The number of thiazole rings is 1. The molecule has 6 nitrogen and oxygen atoms in total. The third-order valence-electron chi connectivity index (χ3n) is 3.98. The number of thiophene rings is 1. The Labute approximate surface area is 176 Å². The Morgan fingerprint density at radius 3 is 2.46 bits per heavy atom. The molecule has 2 N–H and O–H groups in total. The quantitative estimate of drug-likeness (QED) is 0.508. The van der Waals surface area contributed by atoms with E-state index >= 15 is 0 Å². The van der Waals surface area contributed by atoms with Gasteiger partial charge in [0.15, 0.2) is 5.96 Å². The van der Waals surface area contributed by atoms with Crippen molar-refractivity contribution in [1.82, 2.24) is 20.5 Å². The van der Waals surface area contributed by atoms with Crippen molar-refractivity contribution in [2.24, 2.45) is 4.99 Å². The highest BCUT2D eigenvalue weighted by Crippen LogP contribution is 2.25. The molecule has 2 rings (SSSR count). The molecule has 0 fully saturated rings. The summed E-state index contributed by atoms with van der Waals surface area (Å²) in [7, 11) is 3.48. The number of aliphatic imine (C=N–C) groups is 1. The van der Waals surface area contributed by atoms with Crippen LogP contribution in [0.15, 0.2) is 27.9 Å². The smallest absolute Gasteiger partial charge is 0.243 e. The molecule has 0 bridgehead atoms. The number of hydrogen-bond donors (Lipinski definition) is 2. The summed E-state index contributed by atoms with van der Waals surface area (Å²) in [5.41, 5.74) is 1.17. The SMILES string of the molecule is CN(C)C(=O)CN=C(NCCc1csc(C(C)(C)C)n1)NCCc1cccs1. The summed E-state index contributed by atoms with van der Waals surface area (Å²) < 4.78 is 0. The minimum Gasteiger partial charge on any atom is -0.356 e. The molecule has 0 aliphatic heterocycles. The van der Waals surface area contributed by atoms with Gasteiger partial charge in [0, 0.05) is 49.3 Å². The molecule has 0 atom stereocenters. The summed E-state index contributed by atoms with van der Waals surface area (Å²) in [6.07, 6.45) is 1.75. The van der Waals surface area contributed by atoms with Crippen LogP contribution in [-0.4, -0.2) is 55.5 Å². The maximum absolute atomic E-state index is 11.9. The summed E-state index contributed by atoms with van der Waals surface area (Å²) in [5.74, 6) is 0.645. The molecule has 0 saturated carbocycles. The molecule has 154 valence electrons. The largest absolute Gasteiger partial charge is 0.356 e. The van der Waals surface area contributed by atoms with Gasteiger partial charge < -0.3 is 15.5 Å². The Morgan fingerprint density at radius 1 is 1.18 bits per heavy atom. The predicted octanol–water partition coefficient (Wildman–Crippen LogP) is 2.91. The molecule has 0 aromatic carbocycles. The second-order valence-electron chi connectivity index (χ2n) is 7.78. The molecule has 0 spiro atoms. The van der Waals surface area contributed by atoms with Crippen molar-refractivity contribution < 1.29 is 4.79 Å². The number of rotatable bonds is 8. The van der Waals surface area contributed by atoms with Gasteiger partial charge in [0.05, 0.1) is 10.7 Å². The second kappa shape index (κ2) is 10.6. The first kappa shape index (κ1) is 22.4. The lowest BCUT2D eigenvalue weighted by Crippen LogP contribution is -2.40. The van der Waals surface area contributed by atoms with Gasteiger partial charge in [-0.2, -0.15) is 0 Å². The topological polar surface area (TPSA) is 69.6 Å². The van der Waals surface area contributed by atoms with Crippen LogP contribution in [0.25, 0.3) is 0 Å². The van der Waals surface area contributed by atoms with E-state index in [1.807, 2.05) is 0 Å². The van der Waals surface area contributed by atoms with E-state index in [0.717, 1.165) is 30.1 Å². The van der Waals surface area contributed by atoms with Crippen LogP contribution in [0, 0.1) is 0 Å². The molecule has 0 radical (unpaired) electrons. The first-order chi connectivity index (χ1) is 13.3. The van der Waals surface area contributed by atoms with E-state index in [2.05, 4.69) is 59.3 Å². The van der Waals surface area contributed by atoms with Crippen LogP contribution in [0.2, 0.25) is 0 Å². The zero-order chi connectivity index (χ0) is 20.6. The van der Waals surface area contributed by atoms with Crippen LogP contribution in [0.5, 0.6) is 0 Å². The van der Waals surface area contributed by atoms with Crippen LogP contribution in [0.4, 0.5) is 0 Å². The third kappa shape index (κ3) is 7.59. The molecule has 28 heavy (non-hydrogen) atoms. The lowest BCUT2D eigenvalue weighted by Gasteiger charge is -2.14. The monoisotopic (exact) mass is 421 g/mol. The number of nitrogens with one attached hydrogen (secondary N) is 2. The summed E-state index contributed by atoms with van der Waals surface area (Å²) >= 11 is 3.46. The molecule has 0 aliphatic rings. The number of nitrogens with zero attached hydrogens (tertiary/aromatic N) is 3. The fraction of sp³-hybridized carbons (Fsp3) is 0.550. The predicted molar refractivity (Wildman–Crippen MR) is 120 cm³/mol. The van der Waals surface area contributed by atoms with Gasteiger partial charge in [0.2, 0.25) is 5.91 Å². The van der Waals surface area contributed by atoms with E-state index in [1.165, 1.54) is 4.88 Å². The van der Waals surface area contributed by atoms with Crippen molar-refractivity contribution in [3.8, 4) is 0 Å². The van der Waals surface area contributed by atoms with Gasteiger partial charge in [0.25, 0.3) is 0 Å². The van der Waals surface area contributed by atoms with Crippen molar-refractivity contribution in [1.29, 1.82) is 0 Å². The number of aromatic nitrogens is 1. The normalized spacial score (nSPS) is 12.1. The van der Waals surface area contributed by atoms with E-state index < -0.39 is 0 Å². The minimum absolute atomic E-state index is 0.0197. The summed E-state index contributed by atoms with van der Waals surface area (Å²) in [4.78, 5) is 23.9. The van der Waals surface area contributed by atoms with E-state index in [-0.39, 0.29) is 17.9 Å². The number of guanidine groups is 1. The zero-order valence-corrected chi connectivity index (χ0v) is 19.0. The maximum Gasteiger partial charge on any atom is 0.243 e. The van der Waals surface area contributed by atoms with E-state index in [1.54, 1.807) is 41.7 Å². The highest BCUT2D eigenvalue weighted by atomic mass is 32.1. The van der Waals surface area contributed by atoms with Crippen molar-refractivity contribution in [3.05, 3.63) is 38.5 Å². The van der Waals surface area contributed by atoms with Crippen LogP contribution in [0.3, 0.4) is 0 Å². The van der Waals surface area contributed by atoms with Gasteiger partial charge in [-0.3, -0.25) is 4.79 Å². The summed E-state index contributed by atoms with van der Waals surface area (Å²) in [5, 5.41) is 12.0. The van der Waals surface area contributed by atoms with Crippen LogP contribution < -0.4 is 10.6 Å². The molecule has 2 aromatic rings. The molecular formula is C20H31N5OS2. The molecule has 1 amide bonds. The second-order valence-corrected chi connectivity index (χ2v) is 9.67. The van der Waals surface area contributed by atoms with Gasteiger partial charge in [0.1, 0.15) is 6.54 Å². The Hall–Kier alpha value is -1.93. The van der Waals surface area contributed by atoms with Crippen molar-refractivity contribution >= 4 is 34.5 Å². The average molecular weight is 422 g/mol. The Morgan fingerprint density at radius 2 is 1.89 bits per heavy atom. The number of carbonyl (C=O) groups excluding carboxylic acids is 1. The molecule has 0 aliphatic carbocycles. The zero-order valence-electron chi connectivity index (χ0n) is 17.4. The summed E-state index contributed by atoms with van der Waals surface area (Å²) in [6.45, 7) is 8.15. The average Bonchev–Trinajstić information content (AvgIpc) is 3.30. The number of likely N-dealkylation sites (N-methyl/N-ethyl adjacent to an activating group) is 1. The molecule has 2 aromatic heterocycles. The van der Waals surface area contributed by atoms with E-state index in [0.29, 0.717) is 12.5 Å². The number of amides is 1. The lowest BCUT2D eigenvalue weighted by atomic mass is 9.98. The van der Waals surface area contributed by atoms with Crippen molar-refractivity contribution in [2.75, 3.05) is 33.7 Å². The maximum atomic E-state index is 11.9. The van der Waals surface area contributed by atoms with Gasteiger partial charge in [-0.1, -0.05) is 26.8 Å². The van der Waals surface area contributed by atoms with Crippen LogP contribution >= 0.6 is 22.7 Å². The van der Waals surface area contributed by atoms with E-state index in [4.69, 9.17) is 4.98 Å². The highest BCUT2D eigenvalue weighted by Gasteiger charge is 2.17. The molecule has 0 unspecified atom stereocenters. The first-order valence-corrected chi connectivity index (χ1v) is 11.2. The van der Waals surface area contributed by atoms with Crippen molar-refractivity contribution in [3.63, 3.8) is 0 Å². The summed E-state index contributed by atoms with van der Waals surface area (Å²) in [6, 6.07) is 4.18. The van der Waals surface area contributed by atoms with Crippen LogP contribution in [0.1, 0.15) is 36.3 Å². The van der Waals surface area contributed by atoms with Gasteiger partial charge in [-0.15, -0.1) is 22.7 Å². The molecule has 2 heterocycles. The first-order valence-electron chi connectivity index (χ1n) is 9.45. The molecular weight excluding hydrogens is 390 g/mol. The van der Waals surface area contributed by atoms with Gasteiger partial charge in [-0.05, 0) is 17.9 Å². The van der Waals surface area contributed by atoms with Crippen molar-refractivity contribution in [2.45, 2.75) is 39.0 Å². The van der Waals surface area contributed by atoms with Gasteiger partial charge >= 0.3 is 0 Å². The fourth-order valence-corrected chi connectivity index (χ4v) is 3.95. The molecule has 8 heteroatoms. The Bertz CT molecular complexity index is 760. The highest BCUT2D eigenvalue weighted by molar-refractivity contribution is 7.10. The fourth-order valence-electron chi connectivity index (χ4n) is 2.30. The lowest BCUT2D eigenvalue weighted by molar-refractivity contribution is -0.127. The molecule has 0 saturated heterocycles. The minimum atomic E-state index is -0.0197. The number of carbonyl (C=O) groups is 1. The third-order valence-corrected chi connectivity index (χ3v) is 6.24.